The van der Waals surface area contributed by atoms with Crippen molar-refractivity contribution in [3.63, 3.8) is 0 Å². The van der Waals surface area contributed by atoms with Gasteiger partial charge in [0.25, 0.3) is 0 Å². The molecule has 0 spiro atoms. The Kier molecular flexibility index (Phi) is 6.17. The second kappa shape index (κ2) is 7.41. The highest BCUT2D eigenvalue weighted by Gasteiger charge is 2.16. The molecular weight excluding hydrogens is 254 g/mol. The van der Waals surface area contributed by atoms with Gasteiger partial charge in [-0.25, -0.2) is 0 Å². The number of benzene rings is 1. The number of aryl methyl sites for hydroxylation is 2. The molecule has 1 aromatic carbocycles. The van der Waals surface area contributed by atoms with Gasteiger partial charge in [0, 0.05) is 13.0 Å². The maximum absolute atomic E-state index is 10.4. The fourth-order valence-corrected chi connectivity index (χ4v) is 2.45. The van der Waals surface area contributed by atoms with Crippen LogP contribution in [0.3, 0.4) is 0 Å². The van der Waals surface area contributed by atoms with E-state index in [0.29, 0.717) is 19.5 Å². The molecule has 20 heavy (non-hydrogen) atoms. The zero-order valence-corrected chi connectivity index (χ0v) is 12.8. The number of carboxylic acids is 1. The van der Waals surface area contributed by atoms with Crippen molar-refractivity contribution in [3.05, 3.63) is 33.9 Å². The van der Waals surface area contributed by atoms with Crippen LogP contribution in [0, 0.1) is 27.7 Å². The number of nitrogens with one attached hydrogen (secondary N) is 1. The SMILES string of the molecule is Cc1cc(C)c(C)c(C(O)CNCCCC(=O)O)c1C. The third-order valence-electron chi connectivity index (χ3n) is 3.84. The van der Waals surface area contributed by atoms with Crippen molar-refractivity contribution in [1.29, 1.82) is 0 Å². The normalized spacial score (nSPS) is 12.4. The van der Waals surface area contributed by atoms with Gasteiger partial charge >= 0.3 is 5.97 Å². The van der Waals surface area contributed by atoms with Gasteiger partial charge in [-0.05, 0) is 68.5 Å². The Morgan fingerprint density at radius 1 is 1.20 bits per heavy atom. The van der Waals surface area contributed by atoms with Gasteiger partial charge < -0.3 is 15.5 Å². The van der Waals surface area contributed by atoms with Crippen LogP contribution < -0.4 is 5.32 Å². The maximum atomic E-state index is 10.4. The second-order valence-electron chi connectivity index (χ2n) is 5.39. The molecule has 0 heterocycles. The average molecular weight is 279 g/mol. The number of aliphatic hydroxyl groups is 1. The van der Waals surface area contributed by atoms with E-state index in [9.17, 15) is 9.90 Å². The van der Waals surface area contributed by atoms with Crippen LogP contribution in [0.4, 0.5) is 0 Å². The molecule has 1 aromatic rings. The molecule has 0 aliphatic rings. The van der Waals surface area contributed by atoms with Crippen molar-refractivity contribution in [2.24, 2.45) is 0 Å². The van der Waals surface area contributed by atoms with Gasteiger partial charge in [0.1, 0.15) is 0 Å². The van der Waals surface area contributed by atoms with Gasteiger partial charge in [-0.2, -0.15) is 0 Å². The topological polar surface area (TPSA) is 69.6 Å². The summed E-state index contributed by atoms with van der Waals surface area (Å²) in [5.74, 6) is -0.784. The zero-order valence-electron chi connectivity index (χ0n) is 12.8. The van der Waals surface area contributed by atoms with E-state index in [2.05, 4.69) is 25.2 Å². The van der Waals surface area contributed by atoms with Gasteiger partial charge in [0.05, 0.1) is 6.10 Å². The number of aliphatic carboxylic acids is 1. The molecule has 0 saturated heterocycles. The summed E-state index contributed by atoms with van der Waals surface area (Å²) < 4.78 is 0. The molecule has 0 fully saturated rings. The molecule has 1 atom stereocenters. The highest BCUT2D eigenvalue weighted by atomic mass is 16.4. The number of carboxylic acid groups (broad SMARTS) is 1. The lowest BCUT2D eigenvalue weighted by Gasteiger charge is -2.20. The summed E-state index contributed by atoms with van der Waals surface area (Å²) in [5.41, 5.74) is 5.63. The average Bonchev–Trinajstić information content (AvgIpc) is 2.36. The predicted octanol–water partition coefficient (Wildman–Crippen LogP) is 2.41. The minimum atomic E-state index is -0.784. The van der Waals surface area contributed by atoms with Crippen LogP contribution in [-0.2, 0) is 4.79 Å². The Morgan fingerprint density at radius 2 is 1.75 bits per heavy atom. The first-order chi connectivity index (χ1) is 9.34. The molecule has 0 bridgehead atoms. The van der Waals surface area contributed by atoms with Crippen LogP contribution in [0.2, 0.25) is 0 Å². The Bertz CT molecular complexity index is 457. The van der Waals surface area contributed by atoms with Gasteiger partial charge in [-0.15, -0.1) is 0 Å². The monoisotopic (exact) mass is 279 g/mol. The smallest absolute Gasteiger partial charge is 0.303 e. The molecular formula is C16H25NO3. The molecule has 4 nitrogen and oxygen atoms in total. The summed E-state index contributed by atoms with van der Waals surface area (Å²) in [4.78, 5) is 10.4. The van der Waals surface area contributed by atoms with E-state index in [1.165, 1.54) is 11.1 Å². The summed E-state index contributed by atoms with van der Waals surface area (Å²) in [6.07, 6.45) is 0.177. The predicted molar refractivity (Wildman–Crippen MR) is 80.1 cm³/mol. The summed E-state index contributed by atoms with van der Waals surface area (Å²) in [5, 5.41) is 22.0. The molecule has 0 amide bonds. The number of hydrogen-bond acceptors (Lipinski definition) is 3. The minimum Gasteiger partial charge on any atom is -0.481 e. The third kappa shape index (κ3) is 4.32. The van der Waals surface area contributed by atoms with E-state index in [1.807, 2.05) is 13.8 Å². The van der Waals surface area contributed by atoms with Crippen LogP contribution in [0.5, 0.6) is 0 Å². The highest BCUT2D eigenvalue weighted by molar-refractivity contribution is 5.66. The van der Waals surface area contributed by atoms with Crippen molar-refractivity contribution >= 4 is 5.97 Å². The summed E-state index contributed by atoms with van der Waals surface area (Å²) in [6.45, 7) is 9.22. The fourth-order valence-electron chi connectivity index (χ4n) is 2.45. The quantitative estimate of drug-likeness (QED) is 0.670. The minimum absolute atomic E-state index is 0.157. The number of hydrogen-bond donors (Lipinski definition) is 3. The van der Waals surface area contributed by atoms with Crippen LogP contribution in [0.1, 0.15) is 46.8 Å². The molecule has 0 saturated carbocycles. The lowest BCUT2D eigenvalue weighted by atomic mass is 9.91. The van der Waals surface area contributed by atoms with E-state index in [0.717, 1.165) is 16.7 Å². The molecule has 0 aliphatic carbocycles. The van der Waals surface area contributed by atoms with Gasteiger partial charge in [-0.3, -0.25) is 4.79 Å². The summed E-state index contributed by atoms with van der Waals surface area (Å²) >= 11 is 0. The van der Waals surface area contributed by atoms with Crippen LogP contribution in [-0.4, -0.2) is 29.3 Å². The van der Waals surface area contributed by atoms with Crippen LogP contribution in [0.25, 0.3) is 0 Å². The highest BCUT2D eigenvalue weighted by Crippen LogP contribution is 2.26. The lowest BCUT2D eigenvalue weighted by Crippen LogP contribution is -2.24. The first-order valence-electron chi connectivity index (χ1n) is 7.02. The maximum Gasteiger partial charge on any atom is 0.303 e. The molecule has 1 unspecified atom stereocenters. The van der Waals surface area contributed by atoms with E-state index < -0.39 is 12.1 Å². The summed E-state index contributed by atoms with van der Waals surface area (Å²) in [7, 11) is 0. The number of rotatable bonds is 7. The summed E-state index contributed by atoms with van der Waals surface area (Å²) in [6, 6.07) is 2.14. The largest absolute Gasteiger partial charge is 0.481 e. The molecule has 0 radical (unpaired) electrons. The third-order valence-corrected chi connectivity index (χ3v) is 3.84. The Hall–Kier alpha value is -1.39. The van der Waals surface area contributed by atoms with E-state index in [1.54, 1.807) is 0 Å². The van der Waals surface area contributed by atoms with Crippen LogP contribution in [0.15, 0.2) is 6.07 Å². The van der Waals surface area contributed by atoms with E-state index >= 15 is 0 Å². The van der Waals surface area contributed by atoms with E-state index in [-0.39, 0.29) is 6.42 Å². The Morgan fingerprint density at radius 3 is 2.25 bits per heavy atom. The first-order valence-corrected chi connectivity index (χ1v) is 7.02. The number of carbonyl (C=O) groups is 1. The van der Waals surface area contributed by atoms with Gasteiger partial charge in [0.2, 0.25) is 0 Å². The first kappa shape index (κ1) is 16.7. The van der Waals surface area contributed by atoms with Gasteiger partial charge in [-0.1, -0.05) is 6.07 Å². The lowest BCUT2D eigenvalue weighted by molar-refractivity contribution is -0.137. The van der Waals surface area contributed by atoms with Gasteiger partial charge in [0.15, 0.2) is 0 Å². The molecule has 0 aliphatic heterocycles. The molecule has 0 aromatic heterocycles. The zero-order chi connectivity index (χ0) is 15.3. The molecule has 4 heteroatoms. The van der Waals surface area contributed by atoms with Crippen molar-refractivity contribution in [2.75, 3.05) is 13.1 Å². The Balaban J connectivity index is 2.64. The molecule has 112 valence electrons. The number of aliphatic hydroxyl groups excluding tert-OH is 1. The van der Waals surface area contributed by atoms with Crippen molar-refractivity contribution in [2.45, 2.75) is 46.6 Å². The standard InChI is InChI=1S/C16H25NO3/c1-10-8-11(2)13(4)16(12(10)3)14(18)9-17-7-5-6-15(19)20/h8,14,17-18H,5-7,9H2,1-4H3,(H,19,20). The van der Waals surface area contributed by atoms with Crippen molar-refractivity contribution in [3.8, 4) is 0 Å². The van der Waals surface area contributed by atoms with E-state index in [4.69, 9.17) is 5.11 Å². The molecule has 3 N–H and O–H groups in total. The second-order valence-corrected chi connectivity index (χ2v) is 5.39. The van der Waals surface area contributed by atoms with Crippen molar-refractivity contribution < 1.29 is 15.0 Å². The van der Waals surface area contributed by atoms with Crippen LogP contribution >= 0.6 is 0 Å². The van der Waals surface area contributed by atoms with Crippen molar-refractivity contribution in [1.82, 2.24) is 5.32 Å². The Labute approximate surface area is 120 Å². The fraction of sp³-hybridized carbons (Fsp3) is 0.562. The molecule has 1 rings (SSSR count).